The lowest BCUT2D eigenvalue weighted by Crippen LogP contribution is -2.09. The molecule has 0 saturated heterocycles. The van der Waals surface area contributed by atoms with E-state index in [4.69, 9.17) is 4.74 Å². The molecule has 2 aromatic rings. The minimum absolute atomic E-state index is 0.155. The van der Waals surface area contributed by atoms with Crippen LogP contribution in [0.2, 0.25) is 0 Å². The van der Waals surface area contributed by atoms with Gasteiger partial charge in [0.1, 0.15) is 23.5 Å². The molecule has 6 heteroatoms. The standard InChI is InChI=1S/C18H16F2N2O2/c1-12(10-21-14-8-6-13(11-23)7-9-14)22-18(24-2)17-15(19)4-3-5-16(17)20/h3-11,21H,1-2H3/b12-10+,22-18?. The number of ether oxygens (including phenoxy) is 1. The van der Waals surface area contributed by atoms with E-state index in [1.54, 1.807) is 37.4 Å². The number of nitrogens with zero attached hydrogens (tertiary/aromatic N) is 1. The van der Waals surface area contributed by atoms with Crippen molar-refractivity contribution < 1.29 is 18.3 Å². The molecule has 1 N–H and O–H groups in total. The molecule has 124 valence electrons. The zero-order chi connectivity index (χ0) is 17.5. The molecule has 0 aliphatic heterocycles. The zero-order valence-electron chi connectivity index (χ0n) is 13.2. The minimum atomic E-state index is -0.749. The van der Waals surface area contributed by atoms with E-state index in [1.807, 2.05) is 0 Å². The van der Waals surface area contributed by atoms with Gasteiger partial charge in [-0.25, -0.2) is 13.8 Å². The first-order valence-corrected chi connectivity index (χ1v) is 7.10. The molecule has 0 aromatic heterocycles. The summed E-state index contributed by atoms with van der Waals surface area (Å²) in [7, 11) is 1.30. The number of carbonyl (C=O) groups excluding carboxylic acids is 1. The monoisotopic (exact) mass is 330 g/mol. The molecule has 0 atom stereocenters. The van der Waals surface area contributed by atoms with Crippen molar-refractivity contribution in [1.29, 1.82) is 0 Å². The molecule has 2 aromatic carbocycles. The van der Waals surface area contributed by atoms with Gasteiger partial charge in [0.2, 0.25) is 5.90 Å². The van der Waals surface area contributed by atoms with E-state index in [1.165, 1.54) is 13.2 Å². The molecule has 0 bridgehead atoms. The summed E-state index contributed by atoms with van der Waals surface area (Å²) in [5, 5.41) is 2.98. The Balaban J connectivity index is 2.21. The molecule has 0 aliphatic rings. The highest BCUT2D eigenvalue weighted by Gasteiger charge is 2.15. The van der Waals surface area contributed by atoms with Crippen LogP contribution >= 0.6 is 0 Å². The number of nitrogens with one attached hydrogen (secondary N) is 1. The molecule has 0 radical (unpaired) electrons. The Labute approximate surface area is 138 Å². The number of hydrogen-bond acceptors (Lipinski definition) is 4. The van der Waals surface area contributed by atoms with Crippen LogP contribution < -0.4 is 5.32 Å². The lowest BCUT2D eigenvalue weighted by molar-refractivity contribution is 0.112. The second kappa shape index (κ2) is 8.01. The van der Waals surface area contributed by atoms with Crippen molar-refractivity contribution in [3.63, 3.8) is 0 Å². The lowest BCUT2D eigenvalue weighted by atomic mass is 10.2. The number of allylic oxidation sites excluding steroid dienone is 1. The molecule has 0 aliphatic carbocycles. The number of aliphatic imine (C=N–C) groups is 1. The number of aldehydes is 1. The Kier molecular flexibility index (Phi) is 5.78. The van der Waals surface area contributed by atoms with E-state index in [0.29, 0.717) is 11.3 Å². The Morgan fingerprint density at radius 2 is 1.75 bits per heavy atom. The maximum Gasteiger partial charge on any atom is 0.226 e. The Morgan fingerprint density at radius 1 is 1.12 bits per heavy atom. The summed E-state index contributed by atoms with van der Waals surface area (Å²) in [6.45, 7) is 1.66. The van der Waals surface area contributed by atoms with Crippen LogP contribution in [0.1, 0.15) is 22.8 Å². The summed E-state index contributed by atoms with van der Waals surface area (Å²) in [6, 6.07) is 10.3. The zero-order valence-corrected chi connectivity index (χ0v) is 13.2. The van der Waals surface area contributed by atoms with Crippen molar-refractivity contribution in [2.45, 2.75) is 6.92 Å². The van der Waals surface area contributed by atoms with Crippen LogP contribution in [0.3, 0.4) is 0 Å². The summed E-state index contributed by atoms with van der Waals surface area (Å²) in [5.74, 6) is -1.65. The van der Waals surface area contributed by atoms with Crippen molar-refractivity contribution in [3.8, 4) is 0 Å². The maximum atomic E-state index is 13.8. The summed E-state index contributed by atoms with van der Waals surface area (Å²) < 4.78 is 32.6. The van der Waals surface area contributed by atoms with Gasteiger partial charge >= 0.3 is 0 Å². The Bertz CT molecular complexity index is 764. The van der Waals surface area contributed by atoms with E-state index in [2.05, 4.69) is 10.3 Å². The normalized spacial score (nSPS) is 12.0. The molecule has 0 heterocycles. The molecule has 0 saturated carbocycles. The average Bonchev–Trinajstić information content (AvgIpc) is 2.59. The van der Waals surface area contributed by atoms with Crippen LogP contribution in [0, 0.1) is 11.6 Å². The van der Waals surface area contributed by atoms with Crippen LogP contribution in [0.15, 0.2) is 59.4 Å². The predicted octanol–water partition coefficient (Wildman–Crippen LogP) is 4.14. The number of methoxy groups -OCH3 is 1. The molecule has 0 spiro atoms. The van der Waals surface area contributed by atoms with Crippen molar-refractivity contribution in [2.24, 2.45) is 4.99 Å². The molecular formula is C18H16F2N2O2. The van der Waals surface area contributed by atoms with E-state index >= 15 is 0 Å². The van der Waals surface area contributed by atoms with E-state index in [0.717, 1.165) is 24.1 Å². The van der Waals surface area contributed by atoms with Crippen LogP contribution in [0.5, 0.6) is 0 Å². The number of halogens is 2. The fourth-order valence-electron chi connectivity index (χ4n) is 1.94. The van der Waals surface area contributed by atoms with Crippen molar-refractivity contribution in [1.82, 2.24) is 0 Å². The van der Waals surface area contributed by atoms with Gasteiger partial charge in [0.15, 0.2) is 0 Å². The summed E-state index contributed by atoms with van der Waals surface area (Å²) in [4.78, 5) is 14.7. The number of anilines is 1. The van der Waals surface area contributed by atoms with Gasteiger partial charge in [0, 0.05) is 17.5 Å². The highest BCUT2D eigenvalue weighted by Crippen LogP contribution is 2.15. The third-order valence-corrected chi connectivity index (χ3v) is 3.14. The molecular weight excluding hydrogens is 314 g/mol. The van der Waals surface area contributed by atoms with Crippen molar-refractivity contribution >= 4 is 17.9 Å². The van der Waals surface area contributed by atoms with Gasteiger partial charge in [0.05, 0.1) is 12.8 Å². The summed E-state index contributed by atoms with van der Waals surface area (Å²) in [5.41, 5.74) is 1.44. The predicted molar refractivity (Wildman–Crippen MR) is 89.1 cm³/mol. The van der Waals surface area contributed by atoms with Gasteiger partial charge in [-0.3, -0.25) is 4.79 Å². The Hall–Kier alpha value is -3.02. The van der Waals surface area contributed by atoms with Gasteiger partial charge in [-0.05, 0) is 43.3 Å². The second-order valence-electron chi connectivity index (χ2n) is 4.89. The molecule has 24 heavy (non-hydrogen) atoms. The summed E-state index contributed by atoms with van der Waals surface area (Å²) >= 11 is 0. The maximum absolute atomic E-state index is 13.8. The van der Waals surface area contributed by atoms with E-state index in [-0.39, 0.29) is 11.5 Å². The number of rotatable bonds is 5. The lowest BCUT2D eigenvalue weighted by Gasteiger charge is -2.08. The van der Waals surface area contributed by atoms with Crippen LogP contribution in [0.4, 0.5) is 14.5 Å². The van der Waals surface area contributed by atoms with E-state index in [9.17, 15) is 13.6 Å². The van der Waals surface area contributed by atoms with Gasteiger partial charge < -0.3 is 10.1 Å². The highest BCUT2D eigenvalue weighted by molar-refractivity contribution is 5.95. The molecule has 0 fully saturated rings. The first-order chi connectivity index (χ1) is 11.5. The second-order valence-corrected chi connectivity index (χ2v) is 4.89. The van der Waals surface area contributed by atoms with Gasteiger partial charge in [-0.1, -0.05) is 6.07 Å². The van der Waals surface area contributed by atoms with Crippen LogP contribution in [0.25, 0.3) is 0 Å². The summed E-state index contributed by atoms with van der Waals surface area (Å²) in [6.07, 6.45) is 2.32. The molecule has 4 nitrogen and oxygen atoms in total. The van der Waals surface area contributed by atoms with Crippen LogP contribution in [-0.2, 0) is 4.74 Å². The number of benzene rings is 2. The topological polar surface area (TPSA) is 50.7 Å². The first kappa shape index (κ1) is 17.3. The quantitative estimate of drug-likeness (QED) is 0.509. The highest BCUT2D eigenvalue weighted by atomic mass is 19.1. The Morgan fingerprint density at radius 3 is 2.29 bits per heavy atom. The fraction of sp³-hybridized carbons (Fsp3) is 0.111. The minimum Gasteiger partial charge on any atom is -0.480 e. The largest absolute Gasteiger partial charge is 0.480 e. The van der Waals surface area contributed by atoms with Crippen molar-refractivity contribution in [2.75, 3.05) is 12.4 Å². The fourth-order valence-corrected chi connectivity index (χ4v) is 1.94. The van der Waals surface area contributed by atoms with Gasteiger partial charge in [-0.2, -0.15) is 0 Å². The molecule has 2 rings (SSSR count). The number of hydrogen-bond donors (Lipinski definition) is 1. The smallest absolute Gasteiger partial charge is 0.226 e. The number of carbonyl (C=O) groups is 1. The first-order valence-electron chi connectivity index (χ1n) is 7.10. The SMILES string of the molecule is COC(=N/C(C)=C/Nc1ccc(C=O)cc1)c1c(F)cccc1F. The third kappa shape index (κ3) is 4.25. The molecule has 0 amide bonds. The third-order valence-electron chi connectivity index (χ3n) is 3.14. The van der Waals surface area contributed by atoms with E-state index < -0.39 is 11.6 Å². The average molecular weight is 330 g/mol. The van der Waals surface area contributed by atoms with Gasteiger partial charge in [-0.15, -0.1) is 0 Å². The van der Waals surface area contributed by atoms with Crippen LogP contribution in [-0.4, -0.2) is 19.3 Å². The molecule has 0 unspecified atom stereocenters. The van der Waals surface area contributed by atoms with Crippen molar-refractivity contribution in [3.05, 3.63) is 77.1 Å². The van der Waals surface area contributed by atoms with Gasteiger partial charge in [0.25, 0.3) is 0 Å².